The molecule has 28 heavy (non-hydrogen) atoms. The summed E-state index contributed by atoms with van der Waals surface area (Å²) in [6.07, 6.45) is 5.46. The van der Waals surface area contributed by atoms with E-state index in [9.17, 15) is 14.4 Å². The topological polar surface area (TPSA) is 93.2 Å². The molecule has 1 amide bonds. The molecule has 1 aromatic heterocycles. The van der Waals surface area contributed by atoms with E-state index in [0.29, 0.717) is 16.9 Å². The fourth-order valence-electron chi connectivity index (χ4n) is 4.03. The number of anilines is 1. The summed E-state index contributed by atoms with van der Waals surface area (Å²) in [6, 6.07) is 7.22. The number of fused-ring (bicyclic) bond motifs is 1. The van der Waals surface area contributed by atoms with Gasteiger partial charge in [-0.05, 0) is 30.5 Å². The van der Waals surface area contributed by atoms with Crippen molar-refractivity contribution in [2.75, 3.05) is 18.2 Å². The third-order valence-corrected chi connectivity index (χ3v) is 6.71. The van der Waals surface area contributed by atoms with Gasteiger partial charge in [-0.1, -0.05) is 31.4 Å². The van der Waals surface area contributed by atoms with Crippen LogP contribution in [0.3, 0.4) is 0 Å². The zero-order valence-corrected chi connectivity index (χ0v) is 16.5. The van der Waals surface area contributed by atoms with Crippen LogP contribution >= 0.6 is 11.8 Å². The summed E-state index contributed by atoms with van der Waals surface area (Å²) in [5, 5.41) is 5.63. The van der Waals surface area contributed by atoms with Crippen LogP contribution in [0, 0.1) is 0 Å². The van der Waals surface area contributed by atoms with E-state index in [1.807, 2.05) is 16.8 Å². The van der Waals surface area contributed by atoms with Crippen LogP contribution in [-0.4, -0.2) is 34.5 Å². The minimum atomic E-state index is -0.404. The molecule has 1 aliphatic heterocycles. The van der Waals surface area contributed by atoms with E-state index in [1.165, 1.54) is 25.3 Å². The molecule has 7 nitrogen and oxygen atoms in total. The molecule has 2 aromatic rings. The lowest BCUT2D eigenvalue weighted by Crippen LogP contribution is -2.21. The van der Waals surface area contributed by atoms with Crippen LogP contribution in [0.4, 0.5) is 5.82 Å². The average Bonchev–Trinajstić information content (AvgIpc) is 2.93. The minimum absolute atomic E-state index is 0.108. The second-order valence-electron chi connectivity index (χ2n) is 7.22. The number of rotatable bonds is 3. The van der Waals surface area contributed by atoms with Crippen LogP contribution in [-0.2, 0) is 9.53 Å². The number of methoxy groups -OCH3 is 1. The third-order valence-electron chi connectivity index (χ3n) is 5.44. The van der Waals surface area contributed by atoms with Gasteiger partial charge in [0.2, 0.25) is 5.91 Å². The van der Waals surface area contributed by atoms with Crippen molar-refractivity contribution in [3.8, 4) is 0 Å². The van der Waals surface area contributed by atoms with E-state index in [1.54, 1.807) is 12.1 Å². The lowest BCUT2D eigenvalue weighted by molar-refractivity contribution is -0.113. The number of aromatic amines is 1. The highest BCUT2D eigenvalue weighted by molar-refractivity contribution is 8.00. The number of nitrogens with zero attached hydrogens (tertiary/aromatic N) is 1. The lowest BCUT2D eigenvalue weighted by atomic mass is 9.95. The van der Waals surface area contributed by atoms with Crippen LogP contribution in [0.1, 0.15) is 64.9 Å². The van der Waals surface area contributed by atoms with Crippen molar-refractivity contribution in [3.05, 3.63) is 51.3 Å². The molecule has 0 radical (unpaired) electrons. The highest BCUT2D eigenvalue weighted by Crippen LogP contribution is 2.41. The van der Waals surface area contributed by atoms with Crippen molar-refractivity contribution >= 4 is 29.5 Å². The molecule has 0 saturated heterocycles. The number of carbonyl (C=O) groups excluding carboxylic acids is 2. The Morgan fingerprint density at radius 1 is 1.14 bits per heavy atom. The summed E-state index contributed by atoms with van der Waals surface area (Å²) < 4.78 is 6.62. The monoisotopic (exact) mass is 401 g/mol. The maximum atomic E-state index is 12.9. The Morgan fingerprint density at radius 2 is 1.86 bits per heavy atom. The SMILES string of the molecule is COC(=O)c1ccc([C@@H]2SCC(=O)Nc3c2c(=O)[nH]n3C2CCCCC2)cc1. The number of H-pyrrole nitrogens is 1. The maximum Gasteiger partial charge on any atom is 0.337 e. The number of ether oxygens (including phenoxy) is 1. The van der Waals surface area contributed by atoms with Crippen molar-refractivity contribution in [1.82, 2.24) is 9.78 Å². The summed E-state index contributed by atoms with van der Waals surface area (Å²) in [4.78, 5) is 36.9. The van der Waals surface area contributed by atoms with Gasteiger partial charge in [0.1, 0.15) is 5.82 Å². The zero-order valence-electron chi connectivity index (χ0n) is 15.7. The predicted molar refractivity (Wildman–Crippen MR) is 108 cm³/mol. The molecule has 0 spiro atoms. The maximum absolute atomic E-state index is 12.9. The van der Waals surface area contributed by atoms with Crippen LogP contribution in [0.5, 0.6) is 0 Å². The van der Waals surface area contributed by atoms with Crippen LogP contribution in [0.2, 0.25) is 0 Å². The number of thioether (sulfide) groups is 1. The zero-order chi connectivity index (χ0) is 19.7. The van der Waals surface area contributed by atoms with E-state index in [0.717, 1.165) is 31.2 Å². The van der Waals surface area contributed by atoms with E-state index < -0.39 is 5.97 Å². The molecule has 1 aromatic carbocycles. The Morgan fingerprint density at radius 3 is 2.54 bits per heavy atom. The van der Waals surface area contributed by atoms with Crippen LogP contribution in [0.25, 0.3) is 0 Å². The Bertz CT molecular complexity index is 941. The van der Waals surface area contributed by atoms with Crippen molar-refractivity contribution in [1.29, 1.82) is 0 Å². The van der Waals surface area contributed by atoms with Gasteiger partial charge in [0.15, 0.2) is 0 Å². The van der Waals surface area contributed by atoms with E-state index in [-0.39, 0.29) is 28.5 Å². The number of aromatic nitrogens is 2. The van der Waals surface area contributed by atoms with Gasteiger partial charge < -0.3 is 10.1 Å². The third kappa shape index (κ3) is 3.48. The first-order valence-corrected chi connectivity index (χ1v) is 10.6. The van der Waals surface area contributed by atoms with Gasteiger partial charge in [-0.2, -0.15) is 0 Å². The molecule has 8 heteroatoms. The molecule has 1 aliphatic carbocycles. The second-order valence-corrected chi connectivity index (χ2v) is 8.31. The Hall–Kier alpha value is -2.48. The van der Waals surface area contributed by atoms with Gasteiger partial charge >= 0.3 is 5.97 Å². The molecule has 4 rings (SSSR count). The normalized spacial score (nSPS) is 20.2. The number of carbonyl (C=O) groups is 2. The molecule has 1 atom stereocenters. The number of hydrogen-bond acceptors (Lipinski definition) is 5. The summed E-state index contributed by atoms with van der Waals surface area (Å²) in [5.74, 6) is 0.346. The average molecular weight is 401 g/mol. The number of nitrogens with one attached hydrogen (secondary N) is 2. The fraction of sp³-hybridized carbons (Fsp3) is 0.450. The molecular formula is C20H23N3O4S. The smallest absolute Gasteiger partial charge is 0.337 e. The fourth-order valence-corrected chi connectivity index (χ4v) is 5.16. The quantitative estimate of drug-likeness (QED) is 0.770. The first-order chi connectivity index (χ1) is 13.6. The van der Waals surface area contributed by atoms with Gasteiger partial charge in [-0.15, -0.1) is 11.8 Å². The summed E-state index contributed by atoms with van der Waals surface area (Å²) >= 11 is 1.42. The predicted octanol–water partition coefficient (Wildman–Crippen LogP) is 3.24. The standard InChI is InChI=1S/C20H23N3O4S/c1-27-20(26)13-9-7-12(8-10-13)17-16-18(21-15(24)11-28-17)23(22-19(16)25)14-5-3-2-4-6-14/h7-10,14,17H,2-6,11H2,1H3,(H,21,24)(H,22,25)/t17-/m0/s1. The molecule has 148 valence electrons. The van der Waals surface area contributed by atoms with Gasteiger partial charge in [0.25, 0.3) is 5.56 Å². The lowest BCUT2D eigenvalue weighted by Gasteiger charge is -2.24. The Kier molecular flexibility index (Phi) is 5.30. The minimum Gasteiger partial charge on any atom is -0.465 e. The molecule has 0 bridgehead atoms. The first kappa shape index (κ1) is 18.9. The first-order valence-electron chi connectivity index (χ1n) is 9.52. The van der Waals surface area contributed by atoms with Crippen molar-refractivity contribution in [3.63, 3.8) is 0 Å². The molecule has 1 saturated carbocycles. The molecule has 2 N–H and O–H groups in total. The molecular weight excluding hydrogens is 378 g/mol. The highest BCUT2D eigenvalue weighted by atomic mass is 32.2. The Labute approximate surface area is 166 Å². The number of esters is 1. The second kappa shape index (κ2) is 7.87. The number of hydrogen-bond donors (Lipinski definition) is 2. The molecule has 2 aliphatic rings. The highest BCUT2D eigenvalue weighted by Gasteiger charge is 2.32. The van der Waals surface area contributed by atoms with Crippen molar-refractivity contribution < 1.29 is 14.3 Å². The van der Waals surface area contributed by atoms with Crippen LogP contribution < -0.4 is 10.9 Å². The Balaban J connectivity index is 1.75. The van der Waals surface area contributed by atoms with E-state index in [2.05, 4.69) is 10.4 Å². The van der Waals surface area contributed by atoms with Gasteiger partial charge in [0.05, 0.1) is 35.3 Å². The summed E-state index contributed by atoms with van der Waals surface area (Å²) in [6.45, 7) is 0. The van der Waals surface area contributed by atoms with Crippen LogP contribution in [0.15, 0.2) is 29.1 Å². The largest absolute Gasteiger partial charge is 0.465 e. The summed E-state index contributed by atoms with van der Waals surface area (Å²) in [5.41, 5.74) is 1.74. The van der Waals surface area contributed by atoms with E-state index in [4.69, 9.17) is 4.74 Å². The van der Waals surface area contributed by atoms with Gasteiger partial charge in [0, 0.05) is 0 Å². The molecule has 1 fully saturated rings. The van der Waals surface area contributed by atoms with E-state index >= 15 is 0 Å². The number of amides is 1. The molecule has 2 heterocycles. The van der Waals surface area contributed by atoms with Gasteiger partial charge in [-0.25, -0.2) is 4.79 Å². The van der Waals surface area contributed by atoms with Crippen molar-refractivity contribution in [2.45, 2.75) is 43.4 Å². The number of benzene rings is 1. The summed E-state index contributed by atoms with van der Waals surface area (Å²) in [7, 11) is 1.34. The van der Waals surface area contributed by atoms with Crippen molar-refractivity contribution in [2.24, 2.45) is 0 Å². The molecule has 0 unspecified atom stereocenters. The van der Waals surface area contributed by atoms with Gasteiger partial charge in [-0.3, -0.25) is 19.4 Å².